The lowest BCUT2D eigenvalue weighted by molar-refractivity contribution is -0.145. The molecule has 0 saturated heterocycles. The predicted molar refractivity (Wildman–Crippen MR) is 122 cm³/mol. The zero-order valence-corrected chi connectivity index (χ0v) is 18.0. The lowest BCUT2D eigenvalue weighted by Crippen LogP contribution is -2.17. The summed E-state index contributed by atoms with van der Waals surface area (Å²) in [4.78, 5) is 17.7. The van der Waals surface area contributed by atoms with Crippen LogP contribution in [0.5, 0.6) is 5.75 Å². The molecule has 158 valence electrons. The number of ether oxygens (including phenoxy) is 2. The van der Waals surface area contributed by atoms with Crippen LogP contribution in [0.25, 0.3) is 28.0 Å². The SMILES string of the molecule is CCOC(=O)C(CC)c1c(-c2ccccc2)nc2cc(-c3ccc(OC)cc3)ccn12. The molecule has 2 heterocycles. The molecule has 5 heteroatoms. The third-order valence-electron chi connectivity index (χ3n) is 5.44. The van der Waals surface area contributed by atoms with Gasteiger partial charge in [0.05, 0.1) is 31.0 Å². The van der Waals surface area contributed by atoms with Gasteiger partial charge >= 0.3 is 5.97 Å². The quantitative estimate of drug-likeness (QED) is 0.362. The van der Waals surface area contributed by atoms with E-state index in [0.717, 1.165) is 39.5 Å². The van der Waals surface area contributed by atoms with Gasteiger partial charge in [-0.1, -0.05) is 49.4 Å². The Labute approximate surface area is 182 Å². The summed E-state index contributed by atoms with van der Waals surface area (Å²) in [6.07, 6.45) is 2.62. The average molecular weight is 415 g/mol. The standard InChI is InChI=1S/C26H26N2O3/c1-4-22(26(29)31-5-2)25-24(19-9-7-6-8-10-19)27-23-17-20(15-16-28(23)25)18-11-13-21(30-3)14-12-18/h6-17,22H,4-5H2,1-3H3. The third-order valence-corrected chi connectivity index (χ3v) is 5.44. The van der Waals surface area contributed by atoms with E-state index in [4.69, 9.17) is 14.5 Å². The number of hydrogen-bond donors (Lipinski definition) is 0. The molecule has 0 aliphatic carbocycles. The van der Waals surface area contributed by atoms with Crippen LogP contribution in [0, 0.1) is 0 Å². The molecule has 2 aromatic heterocycles. The second-order valence-electron chi connectivity index (χ2n) is 7.30. The van der Waals surface area contributed by atoms with Crippen molar-refractivity contribution in [2.24, 2.45) is 0 Å². The van der Waals surface area contributed by atoms with Crippen LogP contribution in [-0.4, -0.2) is 29.1 Å². The van der Waals surface area contributed by atoms with Crippen molar-refractivity contribution in [3.63, 3.8) is 0 Å². The largest absolute Gasteiger partial charge is 0.497 e. The lowest BCUT2D eigenvalue weighted by atomic mass is 9.97. The van der Waals surface area contributed by atoms with Gasteiger partial charge in [-0.05, 0) is 48.7 Å². The fraction of sp³-hybridized carbons (Fsp3) is 0.231. The van der Waals surface area contributed by atoms with Crippen molar-refractivity contribution in [2.45, 2.75) is 26.2 Å². The Kier molecular flexibility index (Phi) is 6.03. The summed E-state index contributed by atoms with van der Waals surface area (Å²) in [5.74, 6) is 0.208. The van der Waals surface area contributed by atoms with Crippen molar-refractivity contribution in [1.29, 1.82) is 0 Å². The minimum absolute atomic E-state index is 0.219. The number of carbonyl (C=O) groups is 1. The highest BCUT2D eigenvalue weighted by Crippen LogP contribution is 2.34. The number of pyridine rings is 1. The highest BCUT2D eigenvalue weighted by molar-refractivity contribution is 5.82. The topological polar surface area (TPSA) is 52.8 Å². The van der Waals surface area contributed by atoms with Crippen LogP contribution in [-0.2, 0) is 9.53 Å². The second kappa shape index (κ2) is 9.04. The number of hydrogen-bond acceptors (Lipinski definition) is 4. The van der Waals surface area contributed by atoms with E-state index < -0.39 is 5.92 Å². The molecule has 1 unspecified atom stereocenters. The van der Waals surface area contributed by atoms with Gasteiger partial charge in [0.25, 0.3) is 0 Å². The molecule has 0 saturated carbocycles. The van der Waals surface area contributed by atoms with E-state index >= 15 is 0 Å². The monoisotopic (exact) mass is 414 g/mol. The van der Waals surface area contributed by atoms with Gasteiger partial charge in [-0.2, -0.15) is 0 Å². The Balaban J connectivity index is 1.88. The Bertz CT molecular complexity index is 1180. The number of benzene rings is 2. The average Bonchev–Trinajstić information content (AvgIpc) is 3.19. The molecule has 4 rings (SSSR count). The first kappa shape index (κ1) is 20.7. The van der Waals surface area contributed by atoms with Crippen LogP contribution in [0.3, 0.4) is 0 Å². The Hall–Kier alpha value is -3.60. The maximum absolute atomic E-state index is 12.8. The molecular weight excluding hydrogens is 388 g/mol. The molecule has 1 atom stereocenters. The number of esters is 1. The van der Waals surface area contributed by atoms with Crippen molar-refractivity contribution in [2.75, 3.05) is 13.7 Å². The van der Waals surface area contributed by atoms with Gasteiger partial charge in [0, 0.05) is 11.8 Å². The minimum atomic E-state index is -0.392. The normalized spacial score (nSPS) is 12.0. The Morgan fingerprint density at radius 2 is 1.71 bits per heavy atom. The summed E-state index contributed by atoms with van der Waals surface area (Å²) in [7, 11) is 1.66. The smallest absolute Gasteiger partial charge is 0.315 e. The summed E-state index contributed by atoms with van der Waals surface area (Å²) in [6.45, 7) is 4.19. The molecule has 0 aliphatic heterocycles. The van der Waals surface area contributed by atoms with E-state index in [0.29, 0.717) is 13.0 Å². The van der Waals surface area contributed by atoms with Gasteiger partial charge < -0.3 is 13.9 Å². The number of fused-ring (bicyclic) bond motifs is 1. The fourth-order valence-corrected chi connectivity index (χ4v) is 3.88. The Morgan fingerprint density at radius 3 is 2.35 bits per heavy atom. The van der Waals surface area contributed by atoms with E-state index in [2.05, 4.69) is 6.07 Å². The third kappa shape index (κ3) is 4.04. The molecule has 31 heavy (non-hydrogen) atoms. The van der Waals surface area contributed by atoms with Gasteiger partial charge in [-0.25, -0.2) is 4.98 Å². The molecule has 0 N–H and O–H groups in total. The molecule has 5 nitrogen and oxygen atoms in total. The number of methoxy groups -OCH3 is 1. The second-order valence-corrected chi connectivity index (χ2v) is 7.30. The first-order valence-corrected chi connectivity index (χ1v) is 10.5. The summed E-state index contributed by atoms with van der Waals surface area (Å²) < 4.78 is 12.7. The van der Waals surface area contributed by atoms with E-state index in [1.165, 1.54) is 0 Å². The maximum atomic E-state index is 12.8. The van der Waals surface area contributed by atoms with Crippen LogP contribution in [0.15, 0.2) is 72.9 Å². The molecular formula is C26H26N2O3. The molecule has 0 fully saturated rings. The molecule has 2 aromatic carbocycles. The number of imidazole rings is 1. The first-order chi connectivity index (χ1) is 15.2. The molecule has 0 aliphatic rings. The highest BCUT2D eigenvalue weighted by atomic mass is 16.5. The number of rotatable bonds is 7. The summed E-state index contributed by atoms with van der Waals surface area (Å²) in [6, 6.07) is 22.0. The van der Waals surface area contributed by atoms with Crippen molar-refractivity contribution in [1.82, 2.24) is 9.38 Å². The minimum Gasteiger partial charge on any atom is -0.497 e. The van der Waals surface area contributed by atoms with Gasteiger partial charge in [0.1, 0.15) is 11.4 Å². The van der Waals surface area contributed by atoms with Crippen molar-refractivity contribution >= 4 is 11.6 Å². The van der Waals surface area contributed by atoms with Crippen molar-refractivity contribution in [3.8, 4) is 28.1 Å². The van der Waals surface area contributed by atoms with Crippen molar-refractivity contribution in [3.05, 3.63) is 78.6 Å². The van der Waals surface area contributed by atoms with Crippen LogP contribution in [0.1, 0.15) is 31.9 Å². The molecule has 0 spiro atoms. The molecule has 4 aromatic rings. The maximum Gasteiger partial charge on any atom is 0.315 e. The fourth-order valence-electron chi connectivity index (χ4n) is 3.88. The summed E-state index contributed by atoms with van der Waals surface area (Å²) in [5, 5.41) is 0. The molecule has 0 amide bonds. The van der Waals surface area contributed by atoms with E-state index in [9.17, 15) is 4.79 Å². The predicted octanol–water partition coefficient (Wildman–Crippen LogP) is 5.73. The Morgan fingerprint density at radius 1 is 0.968 bits per heavy atom. The number of carbonyl (C=O) groups excluding carboxylic acids is 1. The van der Waals surface area contributed by atoms with Crippen LogP contribution >= 0.6 is 0 Å². The number of nitrogens with zero attached hydrogens (tertiary/aromatic N) is 2. The van der Waals surface area contributed by atoms with Crippen LogP contribution in [0.2, 0.25) is 0 Å². The lowest BCUT2D eigenvalue weighted by Gasteiger charge is -2.16. The summed E-state index contributed by atoms with van der Waals surface area (Å²) >= 11 is 0. The van der Waals surface area contributed by atoms with Gasteiger partial charge in [0.2, 0.25) is 0 Å². The zero-order valence-electron chi connectivity index (χ0n) is 18.0. The molecule has 0 radical (unpaired) electrons. The highest BCUT2D eigenvalue weighted by Gasteiger charge is 2.28. The van der Waals surface area contributed by atoms with Crippen molar-refractivity contribution < 1.29 is 14.3 Å². The summed E-state index contributed by atoms with van der Waals surface area (Å²) in [5.41, 5.74) is 5.58. The van der Waals surface area contributed by atoms with Gasteiger partial charge in [-0.3, -0.25) is 4.79 Å². The first-order valence-electron chi connectivity index (χ1n) is 10.5. The zero-order chi connectivity index (χ0) is 21.8. The van der Waals surface area contributed by atoms with Gasteiger partial charge in [0.15, 0.2) is 0 Å². The number of aromatic nitrogens is 2. The molecule has 0 bridgehead atoms. The van der Waals surface area contributed by atoms with E-state index in [-0.39, 0.29) is 5.97 Å². The van der Waals surface area contributed by atoms with E-state index in [1.54, 1.807) is 7.11 Å². The van der Waals surface area contributed by atoms with E-state index in [1.807, 2.05) is 85.1 Å². The van der Waals surface area contributed by atoms with Crippen LogP contribution < -0.4 is 4.74 Å². The van der Waals surface area contributed by atoms with Gasteiger partial charge in [-0.15, -0.1) is 0 Å². The van der Waals surface area contributed by atoms with Crippen LogP contribution in [0.4, 0.5) is 0 Å².